The van der Waals surface area contributed by atoms with Gasteiger partial charge in [-0.1, -0.05) is 6.42 Å². The van der Waals surface area contributed by atoms with Crippen molar-refractivity contribution in [3.05, 3.63) is 0 Å². The maximum absolute atomic E-state index is 13.4. The summed E-state index contributed by atoms with van der Waals surface area (Å²) in [6, 6.07) is -0.561. The lowest BCUT2D eigenvalue weighted by Gasteiger charge is -2.43. The van der Waals surface area contributed by atoms with Crippen molar-refractivity contribution in [2.24, 2.45) is 11.8 Å². The van der Waals surface area contributed by atoms with E-state index < -0.39 is 53.3 Å². The van der Waals surface area contributed by atoms with E-state index in [-0.39, 0.29) is 24.0 Å². The van der Waals surface area contributed by atoms with Gasteiger partial charge in [-0.25, -0.2) is 0 Å². The molecular formula is C19H33F6N5O2S. The Morgan fingerprint density at radius 3 is 2.12 bits per heavy atom. The van der Waals surface area contributed by atoms with Gasteiger partial charge in [0.1, 0.15) is 17.8 Å². The molecule has 6 unspecified atom stereocenters. The molecule has 14 heteroatoms. The fraction of sp³-hybridized carbons (Fsp3) is 1.00. The summed E-state index contributed by atoms with van der Waals surface area (Å²) < 4.78 is 103. The monoisotopic (exact) mass is 509 g/mol. The van der Waals surface area contributed by atoms with Gasteiger partial charge in [-0.2, -0.15) is 26.3 Å². The van der Waals surface area contributed by atoms with E-state index in [4.69, 9.17) is 0 Å². The zero-order valence-electron chi connectivity index (χ0n) is 18.4. The highest BCUT2D eigenvalue weighted by Crippen LogP contribution is 2.37. The maximum atomic E-state index is 13.4. The van der Waals surface area contributed by atoms with Crippen LogP contribution in [-0.4, -0.2) is 59.7 Å². The first kappa shape index (κ1) is 27.1. The molecular weight excluding hydrogens is 476 g/mol. The summed E-state index contributed by atoms with van der Waals surface area (Å²) in [6.45, 7) is 0.387. The van der Waals surface area contributed by atoms with Gasteiger partial charge in [0.05, 0.1) is 12.2 Å². The van der Waals surface area contributed by atoms with Crippen molar-refractivity contribution in [1.82, 2.24) is 26.6 Å². The first-order valence-electron chi connectivity index (χ1n) is 11.3. The molecule has 0 bridgehead atoms. The van der Waals surface area contributed by atoms with Crippen LogP contribution in [0, 0.1) is 11.8 Å². The Bertz CT molecular complexity index is 683. The van der Waals surface area contributed by atoms with Gasteiger partial charge in [-0.05, 0) is 50.9 Å². The van der Waals surface area contributed by atoms with Gasteiger partial charge in [-0.3, -0.25) is 26.6 Å². The average molecular weight is 510 g/mol. The molecule has 6 atom stereocenters. The molecule has 1 aliphatic heterocycles. The van der Waals surface area contributed by atoms with Gasteiger partial charge in [0.15, 0.2) is 6.17 Å². The minimum Gasteiger partial charge on any atom is -0.615 e. The van der Waals surface area contributed by atoms with E-state index in [0.717, 1.165) is 0 Å². The molecule has 1 saturated heterocycles. The second-order valence-corrected chi connectivity index (χ2v) is 11.8. The van der Waals surface area contributed by atoms with E-state index >= 15 is 0 Å². The van der Waals surface area contributed by atoms with Crippen LogP contribution in [0.4, 0.5) is 26.3 Å². The Labute approximate surface area is 190 Å². The van der Waals surface area contributed by atoms with E-state index in [9.17, 15) is 35.1 Å². The summed E-state index contributed by atoms with van der Waals surface area (Å²) in [7, 11) is -3.10. The fourth-order valence-corrected chi connectivity index (χ4v) is 6.10. The van der Waals surface area contributed by atoms with Crippen molar-refractivity contribution in [3.63, 3.8) is 0 Å². The normalized spacial score (nSPS) is 38.6. The molecule has 0 aromatic rings. The van der Waals surface area contributed by atoms with Crippen LogP contribution >= 0.6 is 0 Å². The van der Waals surface area contributed by atoms with Gasteiger partial charge < -0.3 is 4.55 Å². The highest BCUT2D eigenvalue weighted by molar-refractivity contribution is 7.97. The van der Waals surface area contributed by atoms with E-state index in [2.05, 4.69) is 26.6 Å². The van der Waals surface area contributed by atoms with Crippen LogP contribution in [-0.2, 0) is 14.4 Å². The predicted octanol–water partition coefficient (Wildman–Crippen LogP) is 2.34. The second kappa shape index (κ2) is 10.6. The van der Waals surface area contributed by atoms with Crippen LogP contribution in [0.3, 0.4) is 0 Å². The summed E-state index contributed by atoms with van der Waals surface area (Å²) in [4.78, 5) is 0. The Morgan fingerprint density at radius 2 is 1.55 bits per heavy atom. The topological polar surface area (TPSA) is 100 Å². The van der Waals surface area contributed by atoms with E-state index in [1.807, 2.05) is 0 Å². The van der Waals surface area contributed by atoms with Crippen LogP contribution in [0.25, 0.3) is 0 Å². The largest absolute Gasteiger partial charge is 0.615 e. The molecule has 5 N–H and O–H groups in total. The van der Waals surface area contributed by atoms with Crippen molar-refractivity contribution in [3.8, 4) is 0 Å². The molecule has 33 heavy (non-hydrogen) atoms. The van der Waals surface area contributed by atoms with Crippen LogP contribution < -0.4 is 26.6 Å². The molecule has 0 aromatic carbocycles. The fourth-order valence-electron chi connectivity index (χ4n) is 4.97. The standard InChI is InChI=1S/C19H33F6N5O2S/c1-33(31,32)14-7-5-11(6-8-14)10-26-16-28-15(19(23,24)25)29-17(30-16)27-13-4-2-3-12(9-13)18(20,21)22/h11-17,26-30H,2-10H2,1H3. The first-order valence-corrected chi connectivity index (χ1v) is 13.3. The zero-order chi connectivity index (χ0) is 24.4. The van der Waals surface area contributed by atoms with Crippen LogP contribution in [0.1, 0.15) is 51.4 Å². The molecule has 3 rings (SSSR count). The van der Waals surface area contributed by atoms with Crippen molar-refractivity contribution in [2.75, 3.05) is 12.8 Å². The van der Waals surface area contributed by atoms with Crippen molar-refractivity contribution >= 4 is 10.2 Å². The minimum atomic E-state index is -4.60. The van der Waals surface area contributed by atoms with E-state index in [0.29, 0.717) is 45.1 Å². The van der Waals surface area contributed by atoms with Crippen molar-refractivity contribution in [2.45, 2.75) is 93.8 Å². The minimum absolute atomic E-state index is 0.0334. The summed E-state index contributed by atoms with van der Waals surface area (Å²) in [6.07, 6.45) is -8.68. The SMILES string of the molecule is C[S+](=O)([O-])C1CCC(CNC2NC(NC3CCCC(C(F)(F)F)C3)NC(C(F)(F)F)N2)CC1. The number of hydrogen-bond donors (Lipinski definition) is 5. The number of sulfone groups is 1. The van der Waals surface area contributed by atoms with Gasteiger partial charge in [0.2, 0.25) is 0 Å². The highest BCUT2D eigenvalue weighted by Gasteiger charge is 2.46. The zero-order valence-corrected chi connectivity index (χ0v) is 19.2. The molecule has 0 radical (unpaired) electrons. The lowest BCUT2D eigenvalue weighted by atomic mass is 9.85. The summed E-state index contributed by atoms with van der Waals surface area (Å²) >= 11 is 0. The molecule has 1 heterocycles. The van der Waals surface area contributed by atoms with E-state index in [1.165, 1.54) is 6.26 Å². The molecule has 2 saturated carbocycles. The summed E-state index contributed by atoms with van der Waals surface area (Å²) in [5.41, 5.74) is 0. The molecule has 0 spiro atoms. The van der Waals surface area contributed by atoms with Crippen LogP contribution in [0.5, 0.6) is 0 Å². The van der Waals surface area contributed by atoms with Crippen LogP contribution in [0.2, 0.25) is 0 Å². The summed E-state index contributed by atoms with van der Waals surface area (Å²) in [5, 5.41) is 13.2. The predicted molar refractivity (Wildman–Crippen MR) is 110 cm³/mol. The maximum Gasteiger partial charge on any atom is 0.417 e. The first-order chi connectivity index (χ1) is 15.2. The van der Waals surface area contributed by atoms with Gasteiger partial charge in [0, 0.05) is 22.8 Å². The molecule has 7 nitrogen and oxygen atoms in total. The van der Waals surface area contributed by atoms with E-state index in [1.54, 1.807) is 0 Å². The van der Waals surface area contributed by atoms with Gasteiger partial charge in [0.25, 0.3) is 0 Å². The molecule has 194 valence electrons. The number of halogens is 6. The molecule has 3 aliphatic rings. The number of nitrogens with one attached hydrogen (secondary N) is 5. The molecule has 0 amide bonds. The second-order valence-electron chi connectivity index (χ2n) is 9.49. The Morgan fingerprint density at radius 1 is 0.909 bits per heavy atom. The quantitative estimate of drug-likeness (QED) is 0.277. The third-order valence-electron chi connectivity index (χ3n) is 6.88. The lowest BCUT2D eigenvalue weighted by molar-refractivity contribution is -0.185. The van der Waals surface area contributed by atoms with Gasteiger partial charge in [-0.15, -0.1) is 4.21 Å². The highest BCUT2D eigenvalue weighted by atomic mass is 32.3. The number of alkyl halides is 6. The number of rotatable bonds is 6. The smallest absolute Gasteiger partial charge is 0.417 e. The number of hydrogen-bond acceptors (Lipinski definition) is 7. The Balaban J connectivity index is 1.53. The molecule has 2 aliphatic carbocycles. The lowest BCUT2D eigenvalue weighted by Crippen LogP contribution is -2.78. The average Bonchev–Trinajstić information content (AvgIpc) is 2.71. The summed E-state index contributed by atoms with van der Waals surface area (Å²) in [5.74, 6) is -1.33. The third kappa shape index (κ3) is 8.00. The third-order valence-corrected chi connectivity index (χ3v) is 8.56. The van der Waals surface area contributed by atoms with Crippen molar-refractivity contribution in [1.29, 1.82) is 0 Å². The van der Waals surface area contributed by atoms with Gasteiger partial charge >= 0.3 is 12.4 Å². The van der Waals surface area contributed by atoms with Crippen LogP contribution in [0.15, 0.2) is 0 Å². The van der Waals surface area contributed by atoms with Crippen molar-refractivity contribution < 1.29 is 35.1 Å². The Kier molecular flexibility index (Phi) is 8.72. The molecule has 3 fully saturated rings. The molecule has 0 aromatic heterocycles. The Hall–Kier alpha value is -0.510.